The van der Waals surface area contributed by atoms with E-state index in [1.54, 1.807) is 6.07 Å². The van der Waals surface area contributed by atoms with Crippen molar-refractivity contribution in [2.75, 3.05) is 12.8 Å². The fourth-order valence-corrected chi connectivity index (χ4v) is 3.70. The van der Waals surface area contributed by atoms with Crippen LogP contribution in [0.3, 0.4) is 0 Å². The molecule has 0 aliphatic carbocycles. The summed E-state index contributed by atoms with van der Waals surface area (Å²) in [6.07, 6.45) is -0.192. The third kappa shape index (κ3) is 2.69. The Bertz CT molecular complexity index is 689. The number of nitrogens with zero attached hydrogens (tertiary/aromatic N) is 1. The molecule has 1 aliphatic rings. The summed E-state index contributed by atoms with van der Waals surface area (Å²) in [7, 11) is -2.67. The molecule has 3 N–H and O–H groups in total. The van der Waals surface area contributed by atoms with Crippen LogP contribution < -0.4 is 10.5 Å². The van der Waals surface area contributed by atoms with Gasteiger partial charge in [0.2, 0.25) is 21.8 Å². The number of amides is 2. The third-order valence-corrected chi connectivity index (χ3v) is 4.96. The maximum Gasteiger partial charge on any atom is 0.247 e. The second-order valence-corrected chi connectivity index (χ2v) is 6.95. The number of likely N-dealkylation sites (tertiary alicyclic amines) is 1. The molecule has 1 aliphatic heterocycles. The highest BCUT2D eigenvalue weighted by atomic mass is 79.9. The van der Waals surface area contributed by atoms with Gasteiger partial charge in [-0.15, -0.1) is 0 Å². The average molecular weight is 362 g/mol. The molecule has 9 heteroatoms. The van der Waals surface area contributed by atoms with Gasteiger partial charge in [0.15, 0.2) is 0 Å². The first kappa shape index (κ1) is 14.9. The molecular weight excluding hydrogens is 350 g/mol. The first-order chi connectivity index (χ1) is 9.22. The van der Waals surface area contributed by atoms with Crippen LogP contribution in [0.1, 0.15) is 6.42 Å². The minimum Gasteiger partial charge on any atom is -0.398 e. The largest absolute Gasteiger partial charge is 0.398 e. The van der Waals surface area contributed by atoms with Crippen molar-refractivity contribution in [3.8, 4) is 0 Å². The number of imide groups is 1. The Morgan fingerprint density at radius 1 is 1.40 bits per heavy atom. The molecule has 0 saturated carbocycles. The smallest absolute Gasteiger partial charge is 0.247 e. The third-order valence-electron chi connectivity index (χ3n) is 2.94. The predicted octanol–water partition coefficient (Wildman–Crippen LogP) is 0.0669. The van der Waals surface area contributed by atoms with Crippen LogP contribution in [0.2, 0.25) is 0 Å². The van der Waals surface area contributed by atoms with Crippen molar-refractivity contribution >= 4 is 43.5 Å². The van der Waals surface area contributed by atoms with Gasteiger partial charge in [-0.3, -0.25) is 14.5 Å². The summed E-state index contributed by atoms with van der Waals surface area (Å²) in [5.41, 5.74) is 5.70. The molecule has 2 rings (SSSR count). The molecule has 108 valence electrons. The molecule has 1 heterocycles. The lowest BCUT2D eigenvalue weighted by Crippen LogP contribution is -2.40. The quantitative estimate of drug-likeness (QED) is 0.584. The second kappa shape index (κ2) is 5.15. The molecule has 1 atom stereocenters. The summed E-state index contributed by atoms with van der Waals surface area (Å²) in [6.45, 7) is 0. The number of halogens is 1. The lowest BCUT2D eigenvalue weighted by Gasteiger charge is -2.13. The predicted molar refractivity (Wildman–Crippen MR) is 75.1 cm³/mol. The summed E-state index contributed by atoms with van der Waals surface area (Å²) in [6, 6.07) is 3.29. The minimum absolute atomic E-state index is 0.0610. The van der Waals surface area contributed by atoms with E-state index in [1.807, 2.05) is 0 Å². The minimum atomic E-state index is -3.98. The van der Waals surface area contributed by atoms with Crippen LogP contribution in [0.4, 0.5) is 5.69 Å². The SMILES string of the molecule is CN1C(=O)CC(NS(=O)(=O)c2cc(Br)ccc2N)C1=O. The lowest BCUT2D eigenvalue weighted by molar-refractivity contribution is -0.137. The Morgan fingerprint density at radius 3 is 2.60 bits per heavy atom. The first-order valence-corrected chi connectivity index (χ1v) is 7.88. The Balaban J connectivity index is 2.31. The van der Waals surface area contributed by atoms with Crippen LogP contribution in [0.15, 0.2) is 27.6 Å². The van der Waals surface area contributed by atoms with Gasteiger partial charge in [0.25, 0.3) is 0 Å². The van der Waals surface area contributed by atoms with Crippen LogP contribution in [0, 0.1) is 0 Å². The maximum atomic E-state index is 12.2. The topological polar surface area (TPSA) is 110 Å². The summed E-state index contributed by atoms with van der Waals surface area (Å²) < 4.78 is 27.2. The van der Waals surface area contributed by atoms with Crippen LogP contribution in [0.5, 0.6) is 0 Å². The van der Waals surface area contributed by atoms with Gasteiger partial charge in [-0.2, -0.15) is 4.72 Å². The zero-order chi connectivity index (χ0) is 15.1. The van der Waals surface area contributed by atoms with Gasteiger partial charge >= 0.3 is 0 Å². The number of hydrogen-bond donors (Lipinski definition) is 2. The Kier molecular flexibility index (Phi) is 3.85. The van der Waals surface area contributed by atoms with Gasteiger partial charge in [-0.05, 0) is 18.2 Å². The van der Waals surface area contributed by atoms with Crippen LogP contribution in [0.25, 0.3) is 0 Å². The van der Waals surface area contributed by atoms with Gasteiger partial charge in [0, 0.05) is 11.5 Å². The van der Waals surface area contributed by atoms with Crippen molar-refractivity contribution in [1.29, 1.82) is 0 Å². The van der Waals surface area contributed by atoms with Crippen molar-refractivity contribution < 1.29 is 18.0 Å². The van der Waals surface area contributed by atoms with E-state index < -0.39 is 27.9 Å². The molecule has 0 spiro atoms. The number of anilines is 1. The van der Waals surface area contributed by atoms with E-state index in [0.717, 1.165) is 4.90 Å². The fourth-order valence-electron chi connectivity index (χ4n) is 1.84. The molecule has 1 aromatic carbocycles. The van der Waals surface area contributed by atoms with Crippen molar-refractivity contribution in [2.24, 2.45) is 0 Å². The number of carbonyl (C=O) groups excluding carboxylic acids is 2. The molecule has 0 bridgehead atoms. The van der Waals surface area contributed by atoms with E-state index in [4.69, 9.17) is 5.73 Å². The van der Waals surface area contributed by atoms with Crippen LogP contribution in [-0.4, -0.2) is 38.2 Å². The molecule has 0 radical (unpaired) electrons. The zero-order valence-electron chi connectivity index (χ0n) is 10.5. The van der Waals surface area contributed by atoms with Crippen molar-refractivity contribution in [3.05, 3.63) is 22.7 Å². The number of sulfonamides is 1. The number of nitrogens with one attached hydrogen (secondary N) is 1. The Labute approximate surface area is 124 Å². The highest BCUT2D eigenvalue weighted by molar-refractivity contribution is 9.10. The molecule has 2 amide bonds. The number of likely N-dealkylation sites (N-methyl/N-ethyl adjacent to an activating group) is 1. The standard InChI is InChI=1S/C11H12BrN3O4S/c1-15-10(16)5-8(11(15)17)14-20(18,19)9-4-6(12)2-3-7(9)13/h2-4,8,14H,5,13H2,1H3. The number of carbonyl (C=O) groups is 2. The molecule has 1 aromatic rings. The van der Waals surface area contributed by atoms with E-state index in [1.165, 1.54) is 19.2 Å². The van der Waals surface area contributed by atoms with Gasteiger partial charge in [-0.1, -0.05) is 15.9 Å². The van der Waals surface area contributed by atoms with E-state index >= 15 is 0 Å². The van der Waals surface area contributed by atoms with E-state index in [2.05, 4.69) is 20.7 Å². The molecular formula is C11H12BrN3O4S. The highest BCUT2D eigenvalue weighted by Gasteiger charge is 2.39. The Hall–Kier alpha value is -1.45. The van der Waals surface area contributed by atoms with Gasteiger partial charge in [0.1, 0.15) is 10.9 Å². The summed E-state index contributed by atoms with van der Waals surface area (Å²) >= 11 is 3.16. The normalized spacial score (nSPS) is 19.7. The van der Waals surface area contributed by atoms with Gasteiger partial charge in [-0.25, -0.2) is 8.42 Å². The zero-order valence-corrected chi connectivity index (χ0v) is 12.9. The van der Waals surface area contributed by atoms with E-state index in [9.17, 15) is 18.0 Å². The van der Waals surface area contributed by atoms with Crippen LogP contribution >= 0.6 is 15.9 Å². The number of nitrogens with two attached hydrogens (primary N) is 1. The molecule has 7 nitrogen and oxygen atoms in total. The lowest BCUT2D eigenvalue weighted by atomic mass is 10.3. The molecule has 0 aromatic heterocycles. The average Bonchev–Trinajstić information content (AvgIpc) is 2.59. The number of benzene rings is 1. The monoisotopic (exact) mass is 361 g/mol. The Morgan fingerprint density at radius 2 is 2.05 bits per heavy atom. The highest BCUT2D eigenvalue weighted by Crippen LogP contribution is 2.24. The van der Waals surface area contributed by atoms with Crippen molar-refractivity contribution in [1.82, 2.24) is 9.62 Å². The molecule has 1 fully saturated rings. The summed E-state index contributed by atoms with van der Waals surface area (Å²) in [4.78, 5) is 23.9. The first-order valence-electron chi connectivity index (χ1n) is 5.60. The summed E-state index contributed by atoms with van der Waals surface area (Å²) in [5.74, 6) is -1.00. The molecule has 1 saturated heterocycles. The van der Waals surface area contributed by atoms with E-state index in [0.29, 0.717) is 4.47 Å². The second-order valence-electron chi connectivity index (χ2n) is 4.35. The molecule has 20 heavy (non-hydrogen) atoms. The van der Waals surface area contributed by atoms with Crippen molar-refractivity contribution in [2.45, 2.75) is 17.4 Å². The van der Waals surface area contributed by atoms with E-state index in [-0.39, 0.29) is 17.0 Å². The fraction of sp³-hybridized carbons (Fsp3) is 0.273. The molecule has 1 unspecified atom stereocenters. The number of nitrogen functional groups attached to an aromatic ring is 1. The summed E-state index contributed by atoms with van der Waals surface area (Å²) in [5, 5.41) is 0. The maximum absolute atomic E-state index is 12.2. The number of rotatable bonds is 3. The van der Waals surface area contributed by atoms with Gasteiger partial charge in [0.05, 0.1) is 12.1 Å². The van der Waals surface area contributed by atoms with Crippen molar-refractivity contribution in [3.63, 3.8) is 0 Å². The number of hydrogen-bond acceptors (Lipinski definition) is 5. The van der Waals surface area contributed by atoms with Gasteiger partial charge < -0.3 is 5.73 Å². The van der Waals surface area contributed by atoms with Crippen LogP contribution in [-0.2, 0) is 19.6 Å².